The molecule has 0 atom stereocenters. The molecule has 1 radical (unpaired) electrons. The van der Waals surface area contributed by atoms with Gasteiger partial charge in [0.25, 0.3) is 0 Å². The van der Waals surface area contributed by atoms with Crippen molar-refractivity contribution in [2.24, 2.45) is 28.2 Å². The molecule has 69 heavy (non-hydrogen) atoms. The van der Waals surface area contributed by atoms with E-state index in [0.29, 0.717) is 127 Å². The Morgan fingerprint density at radius 3 is 1.14 bits per heavy atom. The van der Waals surface area contributed by atoms with Gasteiger partial charge in [-0.2, -0.15) is 0 Å². The zero-order chi connectivity index (χ0) is 46.9. The van der Waals surface area contributed by atoms with Gasteiger partial charge in [0.2, 0.25) is 0 Å². The summed E-state index contributed by atoms with van der Waals surface area (Å²) in [4.78, 5) is 90.6. The molecule has 347 valence electrons. The molecular formula is C49H41CuN15O4. The van der Waals surface area contributed by atoms with Gasteiger partial charge in [-0.15, -0.1) is 0 Å². The zero-order valence-electron chi connectivity index (χ0n) is 38.7. The number of nitrogens with zero attached hydrogens (tertiary/aromatic N) is 15. The molecule has 7 aromatic heterocycles. The van der Waals surface area contributed by atoms with Crippen molar-refractivity contribution in [3.05, 3.63) is 96.5 Å². The van der Waals surface area contributed by atoms with Gasteiger partial charge in [0.05, 0.1) is 67.3 Å². The monoisotopic (exact) mass is 966 g/mol. The summed E-state index contributed by atoms with van der Waals surface area (Å²) in [5.74, 6) is 0.999. The standard InChI is InChI=1S/C49H41N15O4.Cu/c1-9-61-36-17-24-22(13-32(36)57(5)46(61)65)30-21-31-23-14-33-37(62(10-2)47(66)58(33)6)18-25(23)41(51-31)53-44-28-19-38-35(60(8)49(68)63(38)11-3)16-27(28)43(55-44)56-45-29-20-39-34(59(7)48(67)64(39)12-4)15-26(29)42(54-45)52-40(24)50-30;/h13-21H,9-12H2,1-8H3;/q-2;+2. The van der Waals surface area contributed by atoms with E-state index in [9.17, 15) is 19.2 Å². The van der Waals surface area contributed by atoms with Gasteiger partial charge in [0.1, 0.15) is 0 Å². The molecule has 0 N–H and O–H groups in total. The predicted octanol–water partition coefficient (Wildman–Crippen LogP) is 5.42. The van der Waals surface area contributed by atoms with Crippen LogP contribution in [0.1, 0.15) is 27.7 Å². The average Bonchev–Trinajstić information content (AvgIpc) is 4.20. The average molecular weight is 968 g/mol. The Bertz CT molecular complexity index is 4600. The molecule has 9 heterocycles. The van der Waals surface area contributed by atoms with Crippen LogP contribution in [0, 0.1) is 0 Å². The summed E-state index contributed by atoms with van der Waals surface area (Å²) in [6, 6.07) is 17.5. The molecule has 0 saturated heterocycles. The molecule has 8 bridgehead atoms. The molecular weight excluding hydrogens is 926 g/mol. The van der Waals surface area contributed by atoms with Crippen LogP contribution in [0.15, 0.2) is 73.8 Å². The van der Waals surface area contributed by atoms with Gasteiger partial charge in [-0.25, -0.2) is 29.1 Å². The number of aromatic nitrogens is 15. The normalized spacial score (nSPS) is 12.4. The molecule has 19 nitrogen and oxygen atoms in total. The third-order valence-corrected chi connectivity index (χ3v) is 14.2. The van der Waals surface area contributed by atoms with E-state index in [-0.39, 0.29) is 39.8 Å². The maximum atomic E-state index is 13.6. The first-order chi connectivity index (χ1) is 32.8. The van der Waals surface area contributed by atoms with Crippen molar-refractivity contribution < 1.29 is 17.1 Å². The van der Waals surface area contributed by atoms with Crippen LogP contribution in [0.5, 0.6) is 0 Å². The van der Waals surface area contributed by atoms with Crippen LogP contribution in [0.4, 0.5) is 0 Å². The fraction of sp³-hybridized carbons (Fsp3) is 0.245. The minimum Gasteiger partial charge on any atom is -0.435 e. The molecule has 0 amide bonds. The van der Waals surface area contributed by atoms with Crippen LogP contribution in [0.2, 0.25) is 0 Å². The van der Waals surface area contributed by atoms with Crippen LogP contribution in [0.3, 0.4) is 0 Å². The first-order valence-electron chi connectivity index (χ1n) is 22.6. The summed E-state index contributed by atoms with van der Waals surface area (Å²) < 4.78 is 13.4. The van der Waals surface area contributed by atoms with Gasteiger partial charge in [-0.05, 0) is 115 Å². The van der Waals surface area contributed by atoms with Gasteiger partial charge < -0.3 is 24.9 Å². The van der Waals surface area contributed by atoms with Crippen molar-refractivity contribution in [3.8, 4) is 45.4 Å². The fourth-order valence-corrected chi connectivity index (χ4v) is 10.6. The van der Waals surface area contributed by atoms with Gasteiger partial charge in [0, 0.05) is 87.9 Å². The molecule has 2 aliphatic rings. The molecule has 20 heteroatoms. The zero-order valence-corrected chi connectivity index (χ0v) is 39.6. The van der Waals surface area contributed by atoms with Crippen molar-refractivity contribution in [1.29, 1.82) is 0 Å². The van der Waals surface area contributed by atoms with E-state index >= 15 is 0 Å². The number of imidazole rings is 4. The van der Waals surface area contributed by atoms with E-state index in [1.807, 2.05) is 82.3 Å². The molecule has 0 spiro atoms. The number of rotatable bonds is 4. The minimum atomic E-state index is -0.155. The van der Waals surface area contributed by atoms with Crippen molar-refractivity contribution in [2.75, 3.05) is 0 Å². The number of benzene rings is 4. The fourth-order valence-electron chi connectivity index (χ4n) is 10.6. The predicted molar refractivity (Wildman–Crippen MR) is 262 cm³/mol. The molecule has 0 aliphatic carbocycles. The Morgan fingerprint density at radius 1 is 0.377 bits per heavy atom. The Hall–Kier alpha value is -8.09. The van der Waals surface area contributed by atoms with E-state index in [2.05, 4.69) is 0 Å². The molecule has 0 saturated carbocycles. The molecule has 0 fully saturated rings. The van der Waals surface area contributed by atoms with Crippen molar-refractivity contribution in [1.82, 2.24) is 71.4 Å². The number of aryl methyl sites for hydroxylation is 8. The van der Waals surface area contributed by atoms with E-state index in [0.717, 1.165) is 33.0 Å². The van der Waals surface area contributed by atoms with Gasteiger partial charge in [-0.1, -0.05) is 0 Å². The maximum Gasteiger partial charge on any atom is 2.00 e. The van der Waals surface area contributed by atoms with Crippen molar-refractivity contribution in [3.63, 3.8) is 0 Å². The molecule has 4 aromatic carbocycles. The maximum absolute atomic E-state index is 13.6. The Morgan fingerprint density at radius 2 is 0.696 bits per heavy atom. The second-order valence-electron chi connectivity index (χ2n) is 17.5. The largest absolute Gasteiger partial charge is 2.00 e. The van der Waals surface area contributed by atoms with Crippen LogP contribution in [0.25, 0.3) is 134 Å². The summed E-state index contributed by atoms with van der Waals surface area (Å²) in [6.07, 6.45) is 0. The van der Waals surface area contributed by atoms with Gasteiger partial charge in [-0.3, -0.25) is 36.5 Å². The van der Waals surface area contributed by atoms with Gasteiger partial charge >= 0.3 is 39.8 Å². The second kappa shape index (κ2) is 14.5. The van der Waals surface area contributed by atoms with Crippen LogP contribution < -0.4 is 32.7 Å². The second-order valence-corrected chi connectivity index (χ2v) is 17.5. The molecule has 0 unspecified atom stereocenters. The number of fused-ring (bicyclic) bond motifs is 24. The first kappa shape index (κ1) is 42.3. The SMILES string of the molecule is CCn1c(=O)n(C)c2cc3c(cc21)-c1nc-3cc2[n-]c(nc3nc(nc4[n-]c(n1)c1cc5c(cc41)n(C)c(=O)n5CC)-c1cc4c(cc1-3)n(C)c(=O)n4CC)c1cc3c(cc21)n(C)c(=O)n3CC.[Cu+2]. The van der Waals surface area contributed by atoms with Crippen LogP contribution in [-0.2, 0) is 71.4 Å². The summed E-state index contributed by atoms with van der Waals surface area (Å²) in [7, 11) is 7.01. The molecule has 11 aromatic rings. The van der Waals surface area contributed by atoms with E-state index in [1.54, 1.807) is 64.7 Å². The van der Waals surface area contributed by atoms with Crippen LogP contribution in [-0.4, -0.2) is 61.5 Å². The van der Waals surface area contributed by atoms with Crippen molar-refractivity contribution >= 4 is 88.1 Å². The summed E-state index contributed by atoms with van der Waals surface area (Å²) in [5.41, 5.74) is 9.95. The quantitative estimate of drug-likeness (QED) is 0.204. The number of hydrogen-bond acceptors (Lipinski definition) is 9. The first-order valence-corrected chi connectivity index (χ1v) is 22.6. The van der Waals surface area contributed by atoms with E-state index in [1.165, 1.54) is 0 Å². The smallest absolute Gasteiger partial charge is 0.435 e. The minimum absolute atomic E-state index is 0. The summed E-state index contributed by atoms with van der Waals surface area (Å²) in [5, 5.41) is 2.71. The molecule has 2 aliphatic heterocycles. The summed E-state index contributed by atoms with van der Waals surface area (Å²) >= 11 is 0. The Balaban J connectivity index is 0.00000492. The van der Waals surface area contributed by atoms with E-state index in [4.69, 9.17) is 34.9 Å². The van der Waals surface area contributed by atoms with Crippen molar-refractivity contribution in [2.45, 2.75) is 53.9 Å². The van der Waals surface area contributed by atoms with E-state index < -0.39 is 0 Å². The number of hydrogen-bond donors (Lipinski definition) is 0. The Kier molecular flexibility index (Phi) is 8.86. The Labute approximate surface area is 399 Å². The van der Waals surface area contributed by atoms with Crippen LogP contribution >= 0.6 is 0 Å². The molecule has 13 rings (SSSR count). The third kappa shape index (κ3) is 5.46. The third-order valence-electron chi connectivity index (χ3n) is 14.2. The topological polar surface area (TPSA) is 200 Å². The summed E-state index contributed by atoms with van der Waals surface area (Å²) in [6.45, 7) is 9.54. The van der Waals surface area contributed by atoms with Gasteiger partial charge in [0.15, 0.2) is 0 Å².